The van der Waals surface area contributed by atoms with Crippen LogP contribution in [0.25, 0.3) is 10.9 Å². The Hall–Kier alpha value is -2.38. The zero-order valence-electron chi connectivity index (χ0n) is 15.0. The molecular formula is C20H21BrN4O2. The number of halogens is 1. The highest BCUT2D eigenvalue weighted by molar-refractivity contribution is 9.10. The third-order valence-electron chi connectivity index (χ3n) is 4.73. The first-order chi connectivity index (χ1) is 13.1. The number of nitrogens with one attached hydrogen (secondary N) is 1. The molecule has 1 aromatic heterocycles. The summed E-state index contributed by atoms with van der Waals surface area (Å²) in [5.41, 5.74) is 1.55. The van der Waals surface area contributed by atoms with Crippen LogP contribution in [0.2, 0.25) is 0 Å². The van der Waals surface area contributed by atoms with Crippen molar-refractivity contribution in [1.82, 2.24) is 14.9 Å². The number of anilines is 2. The van der Waals surface area contributed by atoms with Crippen molar-refractivity contribution in [3.05, 3.63) is 47.2 Å². The molecule has 1 fully saturated rings. The van der Waals surface area contributed by atoms with Gasteiger partial charge in [0.2, 0.25) is 0 Å². The lowest BCUT2D eigenvalue weighted by atomic mass is 10.1. The van der Waals surface area contributed by atoms with Crippen LogP contribution < -0.4 is 10.1 Å². The highest BCUT2D eigenvalue weighted by Crippen LogP contribution is 2.36. The normalized spacial score (nSPS) is 15.8. The Bertz CT molecular complexity index is 958. The summed E-state index contributed by atoms with van der Waals surface area (Å²) in [4.78, 5) is 11.0. The Morgan fingerprint density at radius 2 is 2.00 bits per heavy atom. The Balaban J connectivity index is 1.71. The number of phenols is 1. The maximum Gasteiger partial charge on any atom is 0.145 e. The van der Waals surface area contributed by atoms with Crippen LogP contribution in [0.1, 0.15) is 12.8 Å². The standard InChI is InChI=1S/C20H21BrN4O2/c1-25-7-5-16(6-8-25)27-18-11-15(26)10-17-19(18)20(23-12-22-17)24-14-4-2-3-13(21)9-14/h2-4,9-12,16,26H,5-8H2,1H3,(H,22,23,24). The molecule has 6 nitrogen and oxygen atoms in total. The van der Waals surface area contributed by atoms with Gasteiger partial charge in [-0.1, -0.05) is 22.0 Å². The topological polar surface area (TPSA) is 70.5 Å². The van der Waals surface area contributed by atoms with Crippen molar-refractivity contribution in [2.45, 2.75) is 18.9 Å². The van der Waals surface area contributed by atoms with Crippen molar-refractivity contribution in [3.8, 4) is 11.5 Å². The summed E-state index contributed by atoms with van der Waals surface area (Å²) in [6.45, 7) is 2.00. The molecule has 3 aromatic rings. The highest BCUT2D eigenvalue weighted by atomic mass is 79.9. The molecule has 2 heterocycles. The highest BCUT2D eigenvalue weighted by Gasteiger charge is 2.21. The first-order valence-electron chi connectivity index (χ1n) is 8.94. The molecule has 0 saturated carbocycles. The number of aromatic nitrogens is 2. The number of benzene rings is 2. The third kappa shape index (κ3) is 4.14. The summed E-state index contributed by atoms with van der Waals surface area (Å²) in [7, 11) is 2.12. The minimum Gasteiger partial charge on any atom is -0.508 e. The molecule has 140 valence electrons. The van der Waals surface area contributed by atoms with Gasteiger partial charge in [0, 0.05) is 35.4 Å². The third-order valence-corrected chi connectivity index (χ3v) is 5.23. The first kappa shape index (κ1) is 18.0. The van der Waals surface area contributed by atoms with Crippen LogP contribution in [-0.4, -0.2) is 46.2 Å². The minimum absolute atomic E-state index is 0.116. The fraction of sp³-hybridized carbons (Fsp3) is 0.300. The van der Waals surface area contributed by atoms with Crippen molar-refractivity contribution in [3.63, 3.8) is 0 Å². The van der Waals surface area contributed by atoms with Gasteiger partial charge in [0.05, 0.1) is 10.9 Å². The fourth-order valence-electron chi connectivity index (χ4n) is 3.31. The molecule has 0 amide bonds. The molecule has 1 saturated heterocycles. The zero-order valence-corrected chi connectivity index (χ0v) is 16.6. The molecule has 2 N–H and O–H groups in total. The number of ether oxygens (including phenoxy) is 1. The van der Waals surface area contributed by atoms with Gasteiger partial charge >= 0.3 is 0 Å². The molecule has 0 bridgehead atoms. The van der Waals surface area contributed by atoms with E-state index in [9.17, 15) is 5.11 Å². The number of hydrogen-bond acceptors (Lipinski definition) is 6. The molecule has 0 atom stereocenters. The van der Waals surface area contributed by atoms with Gasteiger partial charge in [-0.3, -0.25) is 0 Å². The summed E-state index contributed by atoms with van der Waals surface area (Å²) in [6, 6.07) is 11.1. The van der Waals surface area contributed by atoms with E-state index in [2.05, 4.69) is 43.2 Å². The Kier molecular flexibility index (Phi) is 5.13. The van der Waals surface area contributed by atoms with Gasteiger partial charge in [-0.2, -0.15) is 0 Å². The number of phenolic OH excluding ortho intramolecular Hbond substituents is 1. The number of rotatable bonds is 4. The van der Waals surface area contributed by atoms with E-state index in [-0.39, 0.29) is 11.9 Å². The van der Waals surface area contributed by atoms with Crippen LogP contribution in [0, 0.1) is 0 Å². The lowest BCUT2D eigenvalue weighted by molar-refractivity contribution is 0.115. The Morgan fingerprint density at radius 3 is 2.78 bits per heavy atom. The molecule has 27 heavy (non-hydrogen) atoms. The number of nitrogens with zero attached hydrogens (tertiary/aromatic N) is 3. The fourth-order valence-corrected chi connectivity index (χ4v) is 3.71. The number of likely N-dealkylation sites (tertiary alicyclic amines) is 1. The second kappa shape index (κ2) is 7.70. The monoisotopic (exact) mass is 428 g/mol. The molecule has 7 heteroatoms. The van der Waals surface area contributed by atoms with Gasteiger partial charge in [-0.25, -0.2) is 9.97 Å². The van der Waals surface area contributed by atoms with Gasteiger partial charge in [-0.05, 0) is 38.1 Å². The van der Waals surface area contributed by atoms with Crippen LogP contribution in [0.5, 0.6) is 11.5 Å². The number of aromatic hydroxyl groups is 1. The number of hydrogen-bond donors (Lipinski definition) is 2. The Morgan fingerprint density at radius 1 is 1.19 bits per heavy atom. The lowest BCUT2D eigenvalue weighted by Crippen LogP contribution is -2.35. The summed E-state index contributed by atoms with van der Waals surface area (Å²) in [5.74, 6) is 1.40. The summed E-state index contributed by atoms with van der Waals surface area (Å²) >= 11 is 3.49. The molecule has 0 aliphatic carbocycles. The van der Waals surface area contributed by atoms with Crippen LogP contribution in [-0.2, 0) is 0 Å². The molecular weight excluding hydrogens is 408 g/mol. The quantitative estimate of drug-likeness (QED) is 0.644. The van der Waals surface area contributed by atoms with Gasteiger partial charge in [-0.15, -0.1) is 0 Å². The second-order valence-electron chi connectivity index (χ2n) is 6.82. The number of fused-ring (bicyclic) bond motifs is 1. The molecule has 1 aliphatic heterocycles. The van der Waals surface area contributed by atoms with E-state index in [0.717, 1.165) is 41.5 Å². The summed E-state index contributed by atoms with van der Waals surface area (Å²) < 4.78 is 7.26. The van der Waals surface area contributed by atoms with E-state index in [0.29, 0.717) is 17.1 Å². The van der Waals surface area contributed by atoms with Crippen molar-refractivity contribution < 1.29 is 9.84 Å². The predicted octanol–water partition coefficient (Wildman–Crippen LogP) is 4.31. The van der Waals surface area contributed by atoms with E-state index < -0.39 is 0 Å². The number of piperidine rings is 1. The van der Waals surface area contributed by atoms with Crippen LogP contribution >= 0.6 is 15.9 Å². The minimum atomic E-state index is 0.116. The van der Waals surface area contributed by atoms with Crippen LogP contribution in [0.3, 0.4) is 0 Å². The molecule has 0 spiro atoms. The van der Waals surface area contributed by atoms with E-state index in [4.69, 9.17) is 4.74 Å². The van der Waals surface area contributed by atoms with E-state index >= 15 is 0 Å². The van der Waals surface area contributed by atoms with Gasteiger partial charge < -0.3 is 20.1 Å². The van der Waals surface area contributed by atoms with Gasteiger partial charge in [0.25, 0.3) is 0 Å². The maximum atomic E-state index is 10.1. The van der Waals surface area contributed by atoms with E-state index in [1.807, 2.05) is 24.3 Å². The molecule has 2 aromatic carbocycles. The largest absolute Gasteiger partial charge is 0.508 e. The smallest absolute Gasteiger partial charge is 0.145 e. The molecule has 0 unspecified atom stereocenters. The average molecular weight is 429 g/mol. The van der Waals surface area contributed by atoms with Crippen molar-refractivity contribution >= 4 is 38.3 Å². The zero-order chi connectivity index (χ0) is 18.8. The van der Waals surface area contributed by atoms with Crippen molar-refractivity contribution in [2.75, 3.05) is 25.5 Å². The molecule has 4 rings (SSSR count). The van der Waals surface area contributed by atoms with Crippen molar-refractivity contribution in [2.24, 2.45) is 0 Å². The summed E-state index contributed by atoms with van der Waals surface area (Å²) in [6.07, 6.45) is 3.51. The molecule has 1 aliphatic rings. The van der Waals surface area contributed by atoms with E-state index in [1.165, 1.54) is 6.33 Å². The van der Waals surface area contributed by atoms with Crippen LogP contribution in [0.15, 0.2) is 47.2 Å². The first-order valence-corrected chi connectivity index (χ1v) is 9.73. The van der Waals surface area contributed by atoms with Gasteiger partial charge in [0.15, 0.2) is 0 Å². The van der Waals surface area contributed by atoms with Gasteiger partial charge in [0.1, 0.15) is 29.7 Å². The maximum absolute atomic E-state index is 10.1. The summed E-state index contributed by atoms with van der Waals surface area (Å²) in [5, 5.41) is 14.2. The Labute approximate surface area is 166 Å². The molecule has 0 radical (unpaired) electrons. The lowest BCUT2D eigenvalue weighted by Gasteiger charge is -2.29. The van der Waals surface area contributed by atoms with Crippen molar-refractivity contribution in [1.29, 1.82) is 0 Å². The van der Waals surface area contributed by atoms with Crippen LogP contribution in [0.4, 0.5) is 11.5 Å². The van der Waals surface area contributed by atoms with E-state index in [1.54, 1.807) is 12.1 Å². The predicted molar refractivity (Wildman–Crippen MR) is 110 cm³/mol. The average Bonchev–Trinajstić information content (AvgIpc) is 2.63. The second-order valence-corrected chi connectivity index (χ2v) is 7.73. The SMILES string of the molecule is CN1CCC(Oc2cc(O)cc3ncnc(Nc4cccc(Br)c4)c23)CC1.